The summed E-state index contributed by atoms with van der Waals surface area (Å²) in [5.74, 6) is -0.825. The summed E-state index contributed by atoms with van der Waals surface area (Å²) in [5, 5.41) is 8.68. The zero-order chi connectivity index (χ0) is 14.4. The number of rotatable bonds is 6. The number of carboxylic acids is 1. The maximum atomic E-state index is 11.8. The molecule has 0 aliphatic rings. The second kappa shape index (κ2) is 7.13. The number of benzene rings is 1. The van der Waals surface area contributed by atoms with E-state index in [9.17, 15) is 9.59 Å². The van der Waals surface area contributed by atoms with Gasteiger partial charge >= 0.3 is 5.97 Å². The highest BCUT2D eigenvalue weighted by Crippen LogP contribution is 2.25. The molecule has 0 saturated heterocycles. The maximum Gasteiger partial charge on any atom is 0.323 e. The minimum atomic E-state index is -1.04. The Balaban J connectivity index is 2.60. The Kier molecular flexibility index (Phi) is 5.82. The monoisotopic (exact) mass is 329 g/mol. The van der Waals surface area contributed by atoms with Crippen molar-refractivity contribution < 1.29 is 19.4 Å². The number of carbonyl (C=O) groups excluding carboxylic acids is 1. The van der Waals surface area contributed by atoms with Gasteiger partial charge in [-0.25, -0.2) is 0 Å². The molecule has 1 rings (SSSR count). The molecule has 1 amide bonds. The van der Waals surface area contributed by atoms with Crippen molar-refractivity contribution in [3.05, 3.63) is 28.2 Å². The fourth-order valence-corrected chi connectivity index (χ4v) is 2.10. The van der Waals surface area contributed by atoms with E-state index in [1.54, 1.807) is 13.0 Å². The van der Waals surface area contributed by atoms with Gasteiger partial charge in [-0.15, -0.1) is 0 Å². The van der Waals surface area contributed by atoms with E-state index < -0.39 is 5.97 Å². The number of hydrogen-bond donors (Lipinski definition) is 1. The molecule has 0 spiro atoms. The van der Waals surface area contributed by atoms with Crippen LogP contribution in [0.1, 0.15) is 12.5 Å². The van der Waals surface area contributed by atoms with Crippen LogP contribution in [0.2, 0.25) is 0 Å². The molecule has 1 N–H and O–H groups in total. The number of aryl methyl sites for hydroxylation is 1. The summed E-state index contributed by atoms with van der Waals surface area (Å²) >= 11 is 3.35. The number of likely N-dealkylation sites (N-methyl/N-ethyl adjacent to an activating group) is 1. The predicted octanol–water partition coefficient (Wildman–Crippen LogP) is 2.07. The van der Waals surface area contributed by atoms with Gasteiger partial charge in [0.1, 0.15) is 12.3 Å². The van der Waals surface area contributed by atoms with Crippen LogP contribution >= 0.6 is 15.9 Å². The van der Waals surface area contributed by atoms with Gasteiger partial charge in [0, 0.05) is 6.54 Å². The van der Waals surface area contributed by atoms with Crippen molar-refractivity contribution in [1.82, 2.24) is 4.90 Å². The average molecular weight is 330 g/mol. The van der Waals surface area contributed by atoms with E-state index in [0.717, 1.165) is 10.0 Å². The Labute approximate surface area is 120 Å². The van der Waals surface area contributed by atoms with Crippen molar-refractivity contribution in [2.45, 2.75) is 13.8 Å². The van der Waals surface area contributed by atoms with Crippen LogP contribution < -0.4 is 4.74 Å². The molecule has 0 fully saturated rings. The maximum absolute atomic E-state index is 11.8. The third kappa shape index (κ3) is 4.90. The van der Waals surface area contributed by atoms with Gasteiger partial charge in [0.2, 0.25) is 0 Å². The van der Waals surface area contributed by atoms with Crippen molar-refractivity contribution >= 4 is 27.8 Å². The highest BCUT2D eigenvalue weighted by molar-refractivity contribution is 9.10. The van der Waals surface area contributed by atoms with Crippen molar-refractivity contribution in [2.75, 3.05) is 19.7 Å². The number of aliphatic carboxylic acids is 1. The summed E-state index contributed by atoms with van der Waals surface area (Å²) < 4.78 is 6.15. The molecule has 0 saturated carbocycles. The molecular formula is C13H16BrNO4. The first-order valence-electron chi connectivity index (χ1n) is 5.82. The Morgan fingerprint density at radius 1 is 1.42 bits per heavy atom. The second-order valence-corrected chi connectivity index (χ2v) is 4.88. The van der Waals surface area contributed by atoms with Crippen LogP contribution in [0, 0.1) is 6.92 Å². The first kappa shape index (κ1) is 15.5. The van der Waals surface area contributed by atoms with E-state index in [-0.39, 0.29) is 19.1 Å². The lowest BCUT2D eigenvalue weighted by Gasteiger charge is -2.18. The third-order valence-electron chi connectivity index (χ3n) is 2.50. The number of hydrogen-bond acceptors (Lipinski definition) is 3. The molecule has 19 heavy (non-hydrogen) atoms. The van der Waals surface area contributed by atoms with Gasteiger partial charge < -0.3 is 14.7 Å². The molecule has 5 nitrogen and oxygen atoms in total. The van der Waals surface area contributed by atoms with Gasteiger partial charge in [0.25, 0.3) is 5.91 Å². The van der Waals surface area contributed by atoms with Gasteiger partial charge in [-0.3, -0.25) is 9.59 Å². The smallest absolute Gasteiger partial charge is 0.323 e. The highest BCUT2D eigenvalue weighted by Gasteiger charge is 2.15. The molecule has 104 valence electrons. The molecule has 0 radical (unpaired) electrons. The Morgan fingerprint density at radius 3 is 2.63 bits per heavy atom. The molecule has 0 atom stereocenters. The van der Waals surface area contributed by atoms with Crippen LogP contribution in [0.3, 0.4) is 0 Å². The van der Waals surface area contributed by atoms with E-state index in [1.165, 1.54) is 4.90 Å². The topological polar surface area (TPSA) is 66.8 Å². The van der Waals surface area contributed by atoms with Crippen molar-refractivity contribution in [3.63, 3.8) is 0 Å². The van der Waals surface area contributed by atoms with Crippen LogP contribution in [0.25, 0.3) is 0 Å². The van der Waals surface area contributed by atoms with Crippen LogP contribution in [0.4, 0.5) is 0 Å². The lowest BCUT2D eigenvalue weighted by Crippen LogP contribution is -2.38. The van der Waals surface area contributed by atoms with Crippen LogP contribution in [0.15, 0.2) is 22.7 Å². The number of nitrogens with zero attached hydrogens (tertiary/aromatic N) is 1. The minimum Gasteiger partial charge on any atom is -0.483 e. The third-order valence-corrected chi connectivity index (χ3v) is 3.12. The summed E-state index contributed by atoms with van der Waals surface area (Å²) in [5.41, 5.74) is 1.08. The van der Waals surface area contributed by atoms with Gasteiger partial charge in [-0.05, 0) is 47.5 Å². The van der Waals surface area contributed by atoms with E-state index >= 15 is 0 Å². The largest absolute Gasteiger partial charge is 0.483 e. The summed E-state index contributed by atoms with van der Waals surface area (Å²) in [6.07, 6.45) is 0. The molecule has 0 unspecified atom stereocenters. The van der Waals surface area contributed by atoms with Gasteiger partial charge in [0.05, 0.1) is 4.47 Å². The standard InChI is InChI=1S/C13H16BrNO4/c1-3-15(7-13(17)18)12(16)8-19-11-5-4-9(2)6-10(11)14/h4-6H,3,7-8H2,1-2H3,(H,17,18). The van der Waals surface area contributed by atoms with Crippen molar-refractivity contribution in [1.29, 1.82) is 0 Å². The first-order chi connectivity index (χ1) is 8.93. The summed E-state index contributed by atoms with van der Waals surface area (Å²) in [6.45, 7) is 3.52. The molecule has 6 heteroatoms. The second-order valence-electron chi connectivity index (χ2n) is 4.02. The Bertz CT molecular complexity index is 476. The van der Waals surface area contributed by atoms with E-state index in [1.807, 2.05) is 19.1 Å². The zero-order valence-corrected chi connectivity index (χ0v) is 12.4. The lowest BCUT2D eigenvalue weighted by atomic mass is 10.2. The number of amides is 1. The van der Waals surface area contributed by atoms with E-state index in [2.05, 4.69) is 15.9 Å². The van der Waals surface area contributed by atoms with Gasteiger partial charge in [0.15, 0.2) is 6.61 Å². The number of carboxylic acid groups (broad SMARTS) is 1. The molecule has 0 aliphatic heterocycles. The molecule has 0 aliphatic carbocycles. The van der Waals surface area contributed by atoms with Gasteiger partial charge in [-0.1, -0.05) is 6.07 Å². The Hall–Kier alpha value is -1.56. The van der Waals surface area contributed by atoms with Crippen LogP contribution in [0.5, 0.6) is 5.75 Å². The average Bonchev–Trinajstić information content (AvgIpc) is 2.34. The molecule has 0 heterocycles. The van der Waals surface area contributed by atoms with E-state index in [4.69, 9.17) is 9.84 Å². The normalized spacial score (nSPS) is 10.1. The predicted molar refractivity (Wildman–Crippen MR) is 74.3 cm³/mol. The molecule has 1 aromatic carbocycles. The molecule has 0 aromatic heterocycles. The minimum absolute atomic E-state index is 0.178. The Morgan fingerprint density at radius 2 is 2.11 bits per heavy atom. The SMILES string of the molecule is CCN(CC(=O)O)C(=O)COc1ccc(C)cc1Br. The molecular weight excluding hydrogens is 314 g/mol. The number of halogens is 1. The van der Waals surface area contributed by atoms with Gasteiger partial charge in [-0.2, -0.15) is 0 Å². The zero-order valence-electron chi connectivity index (χ0n) is 10.9. The first-order valence-corrected chi connectivity index (χ1v) is 6.61. The summed E-state index contributed by atoms with van der Waals surface area (Å²) in [6, 6.07) is 5.52. The highest BCUT2D eigenvalue weighted by atomic mass is 79.9. The van der Waals surface area contributed by atoms with Crippen LogP contribution in [-0.2, 0) is 9.59 Å². The van der Waals surface area contributed by atoms with Crippen LogP contribution in [-0.4, -0.2) is 41.6 Å². The number of ether oxygens (including phenoxy) is 1. The van der Waals surface area contributed by atoms with E-state index in [0.29, 0.717) is 12.3 Å². The molecule has 0 bridgehead atoms. The number of carbonyl (C=O) groups is 2. The molecule has 1 aromatic rings. The summed E-state index contributed by atoms with van der Waals surface area (Å²) in [4.78, 5) is 23.6. The fraction of sp³-hybridized carbons (Fsp3) is 0.385. The summed E-state index contributed by atoms with van der Waals surface area (Å²) in [7, 11) is 0. The lowest BCUT2D eigenvalue weighted by molar-refractivity contribution is -0.145. The fourth-order valence-electron chi connectivity index (χ4n) is 1.49. The van der Waals surface area contributed by atoms with Crippen molar-refractivity contribution in [3.8, 4) is 5.75 Å². The van der Waals surface area contributed by atoms with Crippen molar-refractivity contribution in [2.24, 2.45) is 0 Å². The quantitative estimate of drug-likeness (QED) is 0.867.